The Morgan fingerprint density at radius 3 is 2.87 bits per heavy atom. The van der Waals surface area contributed by atoms with Crippen LogP contribution in [0.5, 0.6) is 0 Å². The number of carbonyl (C=O) groups is 2. The topological polar surface area (TPSA) is 117 Å². The first-order valence-corrected chi connectivity index (χ1v) is 14.8. The van der Waals surface area contributed by atoms with Gasteiger partial charge in [0.1, 0.15) is 16.5 Å². The van der Waals surface area contributed by atoms with Gasteiger partial charge in [-0.1, -0.05) is 30.3 Å². The Bertz CT molecular complexity index is 1510. The predicted molar refractivity (Wildman–Crippen MR) is 151 cm³/mol. The fraction of sp³-hybridized carbons (Fsp3) is 0.423. The molecule has 4 aromatic heterocycles. The molecule has 39 heavy (non-hydrogen) atoms. The van der Waals surface area contributed by atoms with Gasteiger partial charge in [-0.15, -0.1) is 21.5 Å². The summed E-state index contributed by atoms with van der Waals surface area (Å²) in [7, 11) is 1.79. The molecule has 10 nitrogen and oxygen atoms in total. The highest BCUT2D eigenvalue weighted by Crippen LogP contribution is 2.40. The molecule has 0 radical (unpaired) electrons. The number of aromatic nitrogens is 5. The number of carbonyl (C=O) groups excluding carboxylic acids is 2. The summed E-state index contributed by atoms with van der Waals surface area (Å²) in [6.45, 7) is 6.43. The lowest BCUT2D eigenvalue weighted by atomic mass is 9.88. The number of hydrogen-bond acceptors (Lipinski definition) is 9. The van der Waals surface area contributed by atoms with Crippen LogP contribution in [0.4, 0.5) is 5.00 Å². The Morgan fingerprint density at radius 1 is 1.36 bits per heavy atom. The van der Waals surface area contributed by atoms with E-state index in [1.807, 2.05) is 23.6 Å². The largest absolute Gasteiger partial charge is 0.467 e. The number of thiophene rings is 1. The second-order valence-corrected chi connectivity index (χ2v) is 11.9. The van der Waals surface area contributed by atoms with Gasteiger partial charge >= 0.3 is 5.97 Å². The number of fused-ring (bicyclic) bond motifs is 1. The van der Waals surface area contributed by atoms with E-state index in [4.69, 9.17) is 20.8 Å². The van der Waals surface area contributed by atoms with Crippen molar-refractivity contribution < 1.29 is 18.7 Å². The Hall–Kier alpha value is -3.09. The second kappa shape index (κ2) is 11.6. The molecule has 206 valence electrons. The van der Waals surface area contributed by atoms with Crippen molar-refractivity contribution in [3.63, 3.8) is 0 Å². The molecule has 1 atom stereocenters. The van der Waals surface area contributed by atoms with Gasteiger partial charge in [0.05, 0.1) is 41.4 Å². The zero-order valence-corrected chi connectivity index (χ0v) is 24.5. The highest BCUT2D eigenvalue weighted by Gasteiger charge is 2.29. The van der Waals surface area contributed by atoms with Crippen LogP contribution in [-0.2, 0) is 36.0 Å². The van der Waals surface area contributed by atoms with Crippen molar-refractivity contribution in [1.82, 2.24) is 24.5 Å². The van der Waals surface area contributed by atoms with Crippen LogP contribution in [0.25, 0.3) is 11.5 Å². The number of nitrogens with one attached hydrogen (secondary N) is 1. The lowest BCUT2D eigenvalue weighted by Gasteiger charge is -2.18. The van der Waals surface area contributed by atoms with Gasteiger partial charge in [0.25, 0.3) is 0 Å². The first-order chi connectivity index (χ1) is 18.8. The summed E-state index contributed by atoms with van der Waals surface area (Å²) in [5.41, 5.74) is 2.81. The quantitative estimate of drug-likeness (QED) is 0.205. The molecule has 0 fully saturated rings. The number of halogens is 1. The average molecular weight is 589 g/mol. The lowest BCUT2D eigenvalue weighted by molar-refractivity contribution is -0.113. The number of thioether (sulfide) groups is 1. The summed E-state index contributed by atoms with van der Waals surface area (Å²) < 4.78 is 14.4. The molecule has 1 N–H and O–H groups in total. The van der Waals surface area contributed by atoms with Crippen molar-refractivity contribution in [2.75, 3.05) is 17.7 Å². The molecule has 0 spiro atoms. The first kappa shape index (κ1) is 27.5. The molecule has 5 rings (SSSR count). The van der Waals surface area contributed by atoms with Gasteiger partial charge in [0, 0.05) is 11.9 Å². The minimum atomic E-state index is -0.390. The van der Waals surface area contributed by atoms with Crippen molar-refractivity contribution in [2.24, 2.45) is 13.0 Å². The maximum atomic E-state index is 13.1. The summed E-state index contributed by atoms with van der Waals surface area (Å²) in [5.74, 6) is 1.19. The van der Waals surface area contributed by atoms with Crippen LogP contribution in [-0.4, -0.2) is 48.8 Å². The third-order valence-corrected chi connectivity index (χ3v) is 9.14. The summed E-state index contributed by atoms with van der Waals surface area (Å²) in [5, 5.41) is 17.7. The maximum absolute atomic E-state index is 13.1. The SMILES string of the molecule is CCOC(=O)c1c(NC(=O)CSc2nnc(-c3c(Cl)c(C)nn3C)n2Cc2ccco2)sc2c1CC[C@@H](C)C2. The van der Waals surface area contributed by atoms with E-state index in [2.05, 4.69) is 27.5 Å². The number of nitrogens with zero attached hydrogens (tertiary/aromatic N) is 5. The Morgan fingerprint density at radius 2 is 2.18 bits per heavy atom. The Kier molecular flexibility index (Phi) is 8.15. The normalized spacial score (nSPS) is 14.8. The molecular weight excluding hydrogens is 560 g/mol. The highest BCUT2D eigenvalue weighted by molar-refractivity contribution is 7.99. The van der Waals surface area contributed by atoms with Crippen LogP contribution in [0.1, 0.15) is 52.5 Å². The van der Waals surface area contributed by atoms with Crippen molar-refractivity contribution in [1.29, 1.82) is 0 Å². The van der Waals surface area contributed by atoms with E-state index < -0.39 is 5.97 Å². The van der Waals surface area contributed by atoms with Gasteiger partial charge in [-0.2, -0.15) is 5.10 Å². The summed E-state index contributed by atoms with van der Waals surface area (Å²) in [6, 6.07) is 3.67. The molecule has 0 saturated carbocycles. The van der Waals surface area contributed by atoms with E-state index in [0.717, 1.165) is 29.7 Å². The van der Waals surface area contributed by atoms with Gasteiger partial charge < -0.3 is 14.5 Å². The van der Waals surface area contributed by atoms with E-state index in [1.54, 1.807) is 24.9 Å². The molecule has 13 heteroatoms. The second-order valence-electron chi connectivity index (χ2n) is 9.46. The zero-order valence-electron chi connectivity index (χ0n) is 22.1. The number of aryl methyl sites for hydroxylation is 2. The molecule has 0 aromatic carbocycles. The average Bonchev–Trinajstić information content (AvgIpc) is 3.66. The molecule has 1 aliphatic rings. The standard InChI is InChI=1S/C26H29ClN6O4S2/c1-5-36-25(35)20-17-9-8-14(2)11-18(17)39-24(20)28-19(34)13-38-26-30-29-23(22-21(27)15(3)31-32(22)4)33(26)12-16-7-6-10-37-16/h6-7,10,14H,5,8-9,11-13H2,1-4H3,(H,28,34)/t14-/m1/s1. The molecule has 0 saturated heterocycles. The minimum absolute atomic E-state index is 0.0651. The smallest absolute Gasteiger partial charge is 0.341 e. The molecule has 4 aromatic rings. The van der Waals surface area contributed by atoms with Crippen molar-refractivity contribution in [3.05, 3.63) is 50.9 Å². The molecule has 0 unspecified atom stereocenters. The number of rotatable bonds is 9. The summed E-state index contributed by atoms with van der Waals surface area (Å²) in [4.78, 5) is 27.1. The molecule has 0 bridgehead atoms. The molecule has 4 heterocycles. The van der Waals surface area contributed by atoms with Crippen molar-refractivity contribution >= 4 is 51.6 Å². The number of ether oxygens (including phenoxy) is 1. The lowest BCUT2D eigenvalue weighted by Crippen LogP contribution is -2.18. The van der Waals surface area contributed by atoms with Crippen LogP contribution in [0.2, 0.25) is 5.02 Å². The van der Waals surface area contributed by atoms with Crippen LogP contribution in [0.3, 0.4) is 0 Å². The van der Waals surface area contributed by atoms with Crippen molar-refractivity contribution in [3.8, 4) is 11.5 Å². The van der Waals surface area contributed by atoms with Gasteiger partial charge in [0.15, 0.2) is 11.0 Å². The fourth-order valence-electron chi connectivity index (χ4n) is 4.70. The summed E-state index contributed by atoms with van der Waals surface area (Å²) in [6.07, 6.45) is 4.31. The minimum Gasteiger partial charge on any atom is -0.467 e. The highest BCUT2D eigenvalue weighted by atomic mass is 35.5. The van der Waals surface area contributed by atoms with Gasteiger partial charge in [-0.3, -0.25) is 14.0 Å². The third-order valence-electron chi connectivity index (χ3n) is 6.55. The summed E-state index contributed by atoms with van der Waals surface area (Å²) >= 11 is 9.26. The van der Waals surface area contributed by atoms with E-state index >= 15 is 0 Å². The number of furan rings is 1. The molecule has 1 aliphatic carbocycles. The first-order valence-electron chi connectivity index (χ1n) is 12.7. The number of esters is 1. The van der Waals surface area contributed by atoms with E-state index in [9.17, 15) is 9.59 Å². The van der Waals surface area contributed by atoms with Crippen LogP contribution < -0.4 is 5.32 Å². The van der Waals surface area contributed by atoms with E-state index in [1.165, 1.54) is 23.1 Å². The fourth-order valence-corrected chi connectivity index (χ4v) is 7.10. The molecule has 0 aliphatic heterocycles. The number of amides is 1. The van der Waals surface area contributed by atoms with Crippen LogP contribution in [0.15, 0.2) is 28.0 Å². The third kappa shape index (κ3) is 5.64. The van der Waals surface area contributed by atoms with Gasteiger partial charge in [0.2, 0.25) is 5.91 Å². The Balaban J connectivity index is 1.38. The van der Waals surface area contributed by atoms with Gasteiger partial charge in [-0.25, -0.2) is 4.79 Å². The monoisotopic (exact) mass is 588 g/mol. The number of hydrogen-bond donors (Lipinski definition) is 1. The molecule has 1 amide bonds. The van der Waals surface area contributed by atoms with Gasteiger partial charge in [-0.05, 0) is 56.7 Å². The van der Waals surface area contributed by atoms with Crippen LogP contribution in [0, 0.1) is 12.8 Å². The zero-order chi connectivity index (χ0) is 27.7. The van der Waals surface area contributed by atoms with E-state index in [-0.39, 0.29) is 18.3 Å². The predicted octanol–water partition coefficient (Wildman–Crippen LogP) is 5.38. The molecular formula is C26H29ClN6O4S2. The Labute approximate surface area is 239 Å². The van der Waals surface area contributed by atoms with Crippen LogP contribution >= 0.6 is 34.7 Å². The number of anilines is 1. The maximum Gasteiger partial charge on any atom is 0.341 e. The van der Waals surface area contributed by atoms with E-state index in [0.29, 0.717) is 56.2 Å². The van der Waals surface area contributed by atoms with Crippen molar-refractivity contribution in [2.45, 2.75) is 51.7 Å².